The summed E-state index contributed by atoms with van der Waals surface area (Å²) in [4.78, 5) is 11.0. The maximum Gasteiger partial charge on any atom is 0.392 e. The number of carboxylic acids is 1. The third kappa shape index (κ3) is 8.60. The summed E-state index contributed by atoms with van der Waals surface area (Å²) in [5.41, 5.74) is 0.331. The molecular formula is C18H19F3O3S. The smallest absolute Gasteiger partial charge is 0.392 e. The van der Waals surface area contributed by atoms with E-state index in [0.29, 0.717) is 5.56 Å². The first-order valence-corrected chi connectivity index (χ1v) is 8.47. The van der Waals surface area contributed by atoms with Crippen LogP contribution in [0.4, 0.5) is 13.2 Å². The Balaban J connectivity index is 0.000000293. The third-order valence-corrected chi connectivity index (χ3v) is 4.33. The standard InChI is InChI=1S/C11H13F3OS.C7H6O2/c12-11(13,14)9(6-7-15)8-16-10-4-2-1-3-5-10;8-7(9)6-4-2-1-3-5-6/h1-5,9,15H,6-8H2;1-5H,(H,8,9). The maximum absolute atomic E-state index is 12.5. The molecule has 0 aliphatic carbocycles. The molecule has 7 heteroatoms. The van der Waals surface area contributed by atoms with Crippen molar-refractivity contribution in [1.29, 1.82) is 0 Å². The van der Waals surface area contributed by atoms with Gasteiger partial charge in [0.1, 0.15) is 0 Å². The minimum Gasteiger partial charge on any atom is -0.478 e. The van der Waals surface area contributed by atoms with Crippen LogP contribution in [0.25, 0.3) is 0 Å². The Morgan fingerprint density at radius 1 is 1.00 bits per heavy atom. The molecule has 2 rings (SSSR count). The Labute approximate surface area is 148 Å². The van der Waals surface area contributed by atoms with Crippen molar-refractivity contribution in [3.63, 3.8) is 0 Å². The van der Waals surface area contributed by atoms with Crippen molar-refractivity contribution in [2.24, 2.45) is 5.92 Å². The summed E-state index contributed by atoms with van der Waals surface area (Å²) in [5, 5.41) is 17.0. The molecule has 2 aromatic carbocycles. The molecule has 0 bridgehead atoms. The van der Waals surface area contributed by atoms with E-state index in [2.05, 4.69) is 0 Å². The molecule has 0 amide bonds. The summed E-state index contributed by atoms with van der Waals surface area (Å²) >= 11 is 1.16. The minimum absolute atomic E-state index is 0.0475. The van der Waals surface area contributed by atoms with Crippen LogP contribution in [-0.2, 0) is 0 Å². The highest BCUT2D eigenvalue weighted by atomic mass is 32.2. The van der Waals surface area contributed by atoms with Crippen LogP contribution in [0.2, 0.25) is 0 Å². The first-order valence-electron chi connectivity index (χ1n) is 7.48. The Bertz CT molecular complexity index is 618. The van der Waals surface area contributed by atoms with Crippen LogP contribution in [0.3, 0.4) is 0 Å². The molecule has 0 saturated carbocycles. The molecule has 0 heterocycles. The van der Waals surface area contributed by atoms with Gasteiger partial charge in [0.2, 0.25) is 0 Å². The highest BCUT2D eigenvalue weighted by molar-refractivity contribution is 7.99. The van der Waals surface area contributed by atoms with Gasteiger partial charge in [0.25, 0.3) is 0 Å². The molecule has 136 valence electrons. The largest absolute Gasteiger partial charge is 0.478 e. The molecule has 3 nitrogen and oxygen atoms in total. The van der Waals surface area contributed by atoms with Gasteiger partial charge in [0, 0.05) is 17.3 Å². The zero-order valence-electron chi connectivity index (χ0n) is 13.3. The molecule has 2 N–H and O–H groups in total. The number of aromatic carboxylic acids is 1. The fraction of sp³-hybridized carbons (Fsp3) is 0.278. The maximum atomic E-state index is 12.5. The molecule has 0 fully saturated rings. The van der Waals surface area contributed by atoms with Crippen molar-refractivity contribution >= 4 is 17.7 Å². The first kappa shape index (κ1) is 21.1. The molecule has 25 heavy (non-hydrogen) atoms. The van der Waals surface area contributed by atoms with Crippen molar-refractivity contribution < 1.29 is 28.2 Å². The number of carboxylic acid groups (broad SMARTS) is 1. The summed E-state index contributed by atoms with van der Waals surface area (Å²) in [6.07, 6.45) is -4.46. The summed E-state index contributed by atoms with van der Waals surface area (Å²) < 4.78 is 37.5. The van der Waals surface area contributed by atoms with E-state index in [9.17, 15) is 18.0 Å². The zero-order chi connectivity index (χ0) is 18.7. The van der Waals surface area contributed by atoms with Gasteiger partial charge in [0.15, 0.2) is 0 Å². The topological polar surface area (TPSA) is 57.5 Å². The monoisotopic (exact) mass is 372 g/mol. The van der Waals surface area contributed by atoms with E-state index in [1.165, 1.54) is 0 Å². The van der Waals surface area contributed by atoms with Crippen LogP contribution in [0, 0.1) is 5.92 Å². The molecule has 0 aliphatic rings. The average Bonchev–Trinajstić information content (AvgIpc) is 2.60. The van der Waals surface area contributed by atoms with Crippen molar-refractivity contribution in [3.05, 3.63) is 66.2 Å². The molecule has 0 aliphatic heterocycles. The van der Waals surface area contributed by atoms with E-state index in [1.807, 2.05) is 6.07 Å². The van der Waals surface area contributed by atoms with Crippen molar-refractivity contribution in [1.82, 2.24) is 0 Å². The zero-order valence-corrected chi connectivity index (χ0v) is 14.1. The van der Waals surface area contributed by atoms with Crippen molar-refractivity contribution in [2.75, 3.05) is 12.4 Å². The van der Waals surface area contributed by atoms with Gasteiger partial charge in [0.05, 0.1) is 11.5 Å². The number of alkyl halides is 3. The molecule has 1 atom stereocenters. The van der Waals surface area contributed by atoms with E-state index in [-0.39, 0.29) is 12.2 Å². The van der Waals surface area contributed by atoms with Gasteiger partial charge >= 0.3 is 12.1 Å². The molecule has 0 aromatic heterocycles. The Hall–Kier alpha value is -1.99. The molecule has 0 radical (unpaired) electrons. The second-order valence-electron chi connectivity index (χ2n) is 5.05. The summed E-state index contributed by atoms with van der Waals surface area (Å²) in [5.74, 6) is -2.37. The number of rotatable bonds is 6. The van der Waals surface area contributed by atoms with Crippen molar-refractivity contribution in [2.45, 2.75) is 17.5 Å². The number of aliphatic hydroxyl groups is 1. The molecule has 1 unspecified atom stereocenters. The van der Waals surface area contributed by atoms with Crippen LogP contribution < -0.4 is 0 Å². The minimum atomic E-state index is -4.23. The fourth-order valence-electron chi connectivity index (χ4n) is 1.79. The second-order valence-corrected chi connectivity index (χ2v) is 6.14. The second kappa shape index (κ2) is 10.8. The van der Waals surface area contributed by atoms with E-state index >= 15 is 0 Å². The van der Waals surface area contributed by atoms with Crippen LogP contribution in [0.5, 0.6) is 0 Å². The first-order chi connectivity index (χ1) is 11.8. The van der Waals surface area contributed by atoms with Crippen LogP contribution >= 0.6 is 11.8 Å². The van der Waals surface area contributed by atoms with Crippen LogP contribution in [0.15, 0.2) is 65.6 Å². The Morgan fingerprint density at radius 3 is 1.92 bits per heavy atom. The normalized spacial score (nSPS) is 12.0. The predicted octanol–water partition coefficient (Wildman–Crippen LogP) is 4.72. The van der Waals surface area contributed by atoms with Gasteiger partial charge < -0.3 is 10.2 Å². The van der Waals surface area contributed by atoms with Gasteiger partial charge in [-0.25, -0.2) is 4.79 Å². The number of thioether (sulfide) groups is 1. The number of carbonyl (C=O) groups is 1. The van der Waals surface area contributed by atoms with E-state index in [1.54, 1.807) is 54.6 Å². The van der Waals surface area contributed by atoms with Gasteiger partial charge in [-0.15, -0.1) is 11.8 Å². The molecule has 0 spiro atoms. The highest BCUT2D eigenvalue weighted by Crippen LogP contribution is 2.33. The Kier molecular flexibility index (Phi) is 9.08. The fourth-order valence-corrected chi connectivity index (χ4v) is 2.89. The summed E-state index contributed by atoms with van der Waals surface area (Å²) in [6.45, 7) is -0.431. The SMILES string of the molecule is O=C(O)c1ccccc1.OCCC(CSc1ccccc1)C(F)(F)F. The van der Waals surface area contributed by atoms with Gasteiger partial charge in [-0.05, 0) is 30.7 Å². The Morgan fingerprint density at radius 2 is 1.52 bits per heavy atom. The quantitative estimate of drug-likeness (QED) is 0.720. The van der Waals surface area contributed by atoms with E-state index in [4.69, 9.17) is 10.2 Å². The summed E-state index contributed by atoms with van der Waals surface area (Å²) in [6, 6.07) is 17.2. The third-order valence-electron chi connectivity index (χ3n) is 3.16. The van der Waals surface area contributed by atoms with Gasteiger partial charge in [-0.1, -0.05) is 36.4 Å². The lowest BCUT2D eigenvalue weighted by Crippen LogP contribution is -2.26. The lowest BCUT2D eigenvalue weighted by molar-refractivity contribution is -0.171. The van der Waals surface area contributed by atoms with Gasteiger partial charge in [-0.3, -0.25) is 0 Å². The predicted molar refractivity (Wildman–Crippen MR) is 91.8 cm³/mol. The molecule has 0 saturated heterocycles. The van der Waals surface area contributed by atoms with E-state index < -0.39 is 24.7 Å². The lowest BCUT2D eigenvalue weighted by atomic mass is 10.1. The van der Waals surface area contributed by atoms with Gasteiger partial charge in [-0.2, -0.15) is 13.2 Å². The lowest BCUT2D eigenvalue weighted by Gasteiger charge is -2.18. The number of hydrogen-bond acceptors (Lipinski definition) is 3. The molecular weight excluding hydrogens is 353 g/mol. The number of benzene rings is 2. The molecule has 2 aromatic rings. The highest BCUT2D eigenvalue weighted by Gasteiger charge is 2.38. The average molecular weight is 372 g/mol. The summed E-state index contributed by atoms with van der Waals surface area (Å²) in [7, 11) is 0. The van der Waals surface area contributed by atoms with Crippen LogP contribution in [0.1, 0.15) is 16.8 Å². The van der Waals surface area contributed by atoms with E-state index in [0.717, 1.165) is 16.7 Å². The number of halogens is 3. The number of hydrogen-bond donors (Lipinski definition) is 2. The van der Waals surface area contributed by atoms with Crippen LogP contribution in [-0.4, -0.2) is 34.7 Å². The van der Waals surface area contributed by atoms with Crippen molar-refractivity contribution in [3.8, 4) is 0 Å². The number of aliphatic hydroxyl groups excluding tert-OH is 1.